The van der Waals surface area contributed by atoms with Gasteiger partial charge in [0.15, 0.2) is 5.69 Å². The van der Waals surface area contributed by atoms with Crippen molar-refractivity contribution >= 4 is 11.7 Å². The highest BCUT2D eigenvalue weighted by Crippen LogP contribution is 2.20. The van der Waals surface area contributed by atoms with Crippen LogP contribution < -0.4 is 5.32 Å². The molecule has 0 unspecified atom stereocenters. The lowest BCUT2D eigenvalue weighted by Gasteiger charge is -2.28. The summed E-state index contributed by atoms with van der Waals surface area (Å²) >= 11 is 0. The molecule has 1 N–H and O–H groups in total. The van der Waals surface area contributed by atoms with Crippen molar-refractivity contribution in [2.75, 3.05) is 11.9 Å². The fraction of sp³-hybridized carbons (Fsp3) is 0.227. The highest BCUT2D eigenvalue weighted by molar-refractivity contribution is 5.92. The van der Waals surface area contributed by atoms with Gasteiger partial charge in [-0.15, -0.1) is 10.2 Å². The molecule has 27 heavy (non-hydrogen) atoms. The highest BCUT2D eigenvalue weighted by Gasteiger charge is 2.22. The Morgan fingerprint density at radius 2 is 1.89 bits per heavy atom. The Morgan fingerprint density at radius 3 is 2.67 bits per heavy atom. The van der Waals surface area contributed by atoms with Gasteiger partial charge in [-0.2, -0.15) is 0 Å². The quantitative estimate of drug-likeness (QED) is 0.774. The van der Waals surface area contributed by atoms with Crippen LogP contribution in [-0.4, -0.2) is 27.5 Å². The SMILES string of the molecule is Cc1cccc(CNc2ccc(C(=O)N3CCc4ccccc4C3)nn2)c1. The van der Waals surface area contributed by atoms with Gasteiger partial charge in [0.2, 0.25) is 0 Å². The van der Waals surface area contributed by atoms with Crippen molar-refractivity contribution in [2.45, 2.75) is 26.4 Å². The lowest BCUT2D eigenvalue weighted by molar-refractivity contribution is 0.0727. The number of nitrogens with one attached hydrogen (secondary N) is 1. The van der Waals surface area contributed by atoms with Gasteiger partial charge in [0, 0.05) is 19.6 Å². The predicted octanol–water partition coefficient (Wildman–Crippen LogP) is 3.60. The minimum absolute atomic E-state index is 0.0674. The van der Waals surface area contributed by atoms with Crippen molar-refractivity contribution in [2.24, 2.45) is 0 Å². The number of nitrogens with zero attached hydrogens (tertiary/aromatic N) is 3. The molecule has 4 rings (SSSR count). The third kappa shape index (κ3) is 3.97. The number of rotatable bonds is 4. The first-order valence-electron chi connectivity index (χ1n) is 9.18. The Labute approximate surface area is 159 Å². The molecular weight excluding hydrogens is 336 g/mol. The molecule has 1 aliphatic rings. The summed E-state index contributed by atoms with van der Waals surface area (Å²) in [7, 11) is 0. The third-order valence-corrected chi connectivity index (χ3v) is 4.86. The molecule has 2 aromatic carbocycles. The Kier molecular flexibility index (Phi) is 4.83. The Bertz CT molecular complexity index is 953. The number of fused-ring (bicyclic) bond motifs is 1. The van der Waals surface area contributed by atoms with Gasteiger partial charge in [0.05, 0.1) is 0 Å². The van der Waals surface area contributed by atoms with Crippen LogP contribution in [0.3, 0.4) is 0 Å². The number of aryl methyl sites for hydroxylation is 1. The van der Waals surface area contributed by atoms with E-state index in [0.717, 1.165) is 6.42 Å². The first kappa shape index (κ1) is 17.2. The lowest BCUT2D eigenvalue weighted by atomic mass is 10.00. The summed E-state index contributed by atoms with van der Waals surface area (Å²) in [6.07, 6.45) is 0.880. The maximum Gasteiger partial charge on any atom is 0.274 e. The molecule has 0 saturated carbocycles. The third-order valence-electron chi connectivity index (χ3n) is 4.86. The van der Waals surface area contributed by atoms with Gasteiger partial charge < -0.3 is 10.2 Å². The van der Waals surface area contributed by atoms with E-state index in [1.165, 1.54) is 22.3 Å². The van der Waals surface area contributed by atoms with Crippen LogP contribution in [0.2, 0.25) is 0 Å². The molecule has 1 amide bonds. The first-order valence-corrected chi connectivity index (χ1v) is 9.18. The number of amides is 1. The minimum atomic E-state index is -0.0674. The van der Waals surface area contributed by atoms with Crippen molar-refractivity contribution in [3.63, 3.8) is 0 Å². The van der Waals surface area contributed by atoms with Crippen LogP contribution in [0, 0.1) is 6.92 Å². The maximum absolute atomic E-state index is 12.7. The van der Waals surface area contributed by atoms with E-state index in [9.17, 15) is 4.79 Å². The van der Waals surface area contributed by atoms with Gasteiger partial charge in [-0.05, 0) is 42.2 Å². The van der Waals surface area contributed by atoms with E-state index in [0.29, 0.717) is 31.1 Å². The number of hydrogen-bond donors (Lipinski definition) is 1. The van der Waals surface area contributed by atoms with E-state index >= 15 is 0 Å². The second-order valence-electron chi connectivity index (χ2n) is 6.89. The maximum atomic E-state index is 12.7. The van der Waals surface area contributed by atoms with Crippen molar-refractivity contribution < 1.29 is 4.79 Å². The van der Waals surface area contributed by atoms with Gasteiger partial charge in [0.25, 0.3) is 5.91 Å². The summed E-state index contributed by atoms with van der Waals surface area (Å²) in [6, 6.07) is 20.1. The monoisotopic (exact) mass is 358 g/mol. The number of aromatic nitrogens is 2. The molecule has 0 atom stereocenters. The minimum Gasteiger partial charge on any atom is -0.365 e. The van der Waals surface area contributed by atoms with Crippen LogP contribution >= 0.6 is 0 Å². The Morgan fingerprint density at radius 1 is 1.04 bits per heavy atom. The molecule has 2 heterocycles. The number of hydrogen-bond acceptors (Lipinski definition) is 4. The number of anilines is 1. The number of carbonyl (C=O) groups is 1. The van der Waals surface area contributed by atoms with E-state index in [4.69, 9.17) is 0 Å². The molecule has 0 spiro atoms. The molecule has 0 saturated heterocycles. The molecule has 0 fully saturated rings. The van der Waals surface area contributed by atoms with Crippen molar-refractivity contribution in [3.05, 3.63) is 88.6 Å². The highest BCUT2D eigenvalue weighted by atomic mass is 16.2. The van der Waals surface area contributed by atoms with Crippen LogP contribution in [0.15, 0.2) is 60.7 Å². The molecule has 5 nitrogen and oxygen atoms in total. The molecular formula is C22H22N4O. The summed E-state index contributed by atoms with van der Waals surface area (Å²) in [6.45, 7) is 4.09. The summed E-state index contributed by atoms with van der Waals surface area (Å²) in [5.41, 5.74) is 5.33. The Hall–Kier alpha value is -3.21. The van der Waals surface area contributed by atoms with E-state index in [1.807, 2.05) is 29.2 Å². The van der Waals surface area contributed by atoms with E-state index in [-0.39, 0.29) is 5.91 Å². The van der Waals surface area contributed by atoms with Gasteiger partial charge in [-0.1, -0.05) is 54.1 Å². The van der Waals surface area contributed by atoms with Crippen LogP contribution in [0.4, 0.5) is 5.82 Å². The van der Waals surface area contributed by atoms with Crippen molar-refractivity contribution in [1.82, 2.24) is 15.1 Å². The average Bonchev–Trinajstić information content (AvgIpc) is 2.72. The van der Waals surface area contributed by atoms with Crippen LogP contribution in [0.5, 0.6) is 0 Å². The molecule has 0 radical (unpaired) electrons. The summed E-state index contributed by atoms with van der Waals surface area (Å²) in [5, 5.41) is 11.6. The second-order valence-corrected chi connectivity index (χ2v) is 6.89. The molecule has 0 aliphatic carbocycles. The summed E-state index contributed by atoms with van der Waals surface area (Å²) < 4.78 is 0. The van der Waals surface area contributed by atoms with E-state index in [2.05, 4.69) is 52.8 Å². The van der Waals surface area contributed by atoms with Gasteiger partial charge in [0.1, 0.15) is 5.82 Å². The molecule has 5 heteroatoms. The zero-order valence-corrected chi connectivity index (χ0v) is 15.4. The molecule has 1 aliphatic heterocycles. The van der Waals surface area contributed by atoms with E-state index < -0.39 is 0 Å². The fourth-order valence-corrected chi connectivity index (χ4v) is 3.39. The lowest BCUT2D eigenvalue weighted by Crippen LogP contribution is -2.36. The first-order chi connectivity index (χ1) is 13.2. The zero-order valence-electron chi connectivity index (χ0n) is 15.4. The molecule has 0 bridgehead atoms. The Balaban J connectivity index is 1.39. The molecule has 3 aromatic rings. The van der Waals surface area contributed by atoms with Crippen molar-refractivity contribution in [3.8, 4) is 0 Å². The topological polar surface area (TPSA) is 58.1 Å². The van der Waals surface area contributed by atoms with Gasteiger partial charge in [-0.25, -0.2) is 0 Å². The van der Waals surface area contributed by atoms with Crippen LogP contribution in [0.1, 0.15) is 32.7 Å². The summed E-state index contributed by atoms with van der Waals surface area (Å²) in [4.78, 5) is 14.6. The van der Waals surface area contributed by atoms with E-state index in [1.54, 1.807) is 6.07 Å². The molecule has 1 aromatic heterocycles. The van der Waals surface area contributed by atoms with Gasteiger partial charge in [-0.3, -0.25) is 4.79 Å². The van der Waals surface area contributed by atoms with Crippen LogP contribution in [-0.2, 0) is 19.5 Å². The standard InChI is InChI=1S/C22H22N4O/c1-16-5-4-6-17(13-16)14-23-21-10-9-20(24-25-21)22(27)26-12-11-18-7-2-3-8-19(18)15-26/h2-10,13H,11-12,14-15H2,1H3,(H,23,25). The molecule has 136 valence electrons. The second kappa shape index (κ2) is 7.58. The number of benzene rings is 2. The normalized spacial score (nSPS) is 13.1. The average molecular weight is 358 g/mol. The fourth-order valence-electron chi connectivity index (χ4n) is 3.39. The predicted molar refractivity (Wildman–Crippen MR) is 105 cm³/mol. The smallest absolute Gasteiger partial charge is 0.274 e. The number of carbonyl (C=O) groups excluding carboxylic acids is 1. The summed E-state index contributed by atoms with van der Waals surface area (Å²) in [5.74, 6) is 0.597. The van der Waals surface area contributed by atoms with Crippen molar-refractivity contribution in [1.29, 1.82) is 0 Å². The van der Waals surface area contributed by atoms with Crippen LogP contribution in [0.25, 0.3) is 0 Å². The van der Waals surface area contributed by atoms with Gasteiger partial charge >= 0.3 is 0 Å². The zero-order chi connectivity index (χ0) is 18.6. The largest absolute Gasteiger partial charge is 0.365 e.